The van der Waals surface area contributed by atoms with E-state index in [1.54, 1.807) is 94.1 Å². The molecule has 0 aliphatic rings. The predicted molar refractivity (Wildman–Crippen MR) is 117 cm³/mol. The molecule has 31 heavy (non-hydrogen) atoms. The highest BCUT2D eigenvalue weighted by Gasteiger charge is 2.10. The van der Waals surface area contributed by atoms with Gasteiger partial charge < -0.3 is 18.9 Å². The largest absolute Gasteiger partial charge is 0.497 e. The third-order valence-corrected chi connectivity index (χ3v) is 4.54. The number of ether oxygens (including phenoxy) is 4. The number of hydrogen-bond acceptors (Lipinski definition) is 6. The van der Waals surface area contributed by atoms with Crippen LogP contribution < -0.4 is 18.9 Å². The highest BCUT2D eigenvalue weighted by atomic mass is 16.5. The minimum Gasteiger partial charge on any atom is -0.497 e. The third kappa shape index (κ3) is 5.22. The van der Waals surface area contributed by atoms with Gasteiger partial charge in [0.05, 0.1) is 38.5 Å². The van der Waals surface area contributed by atoms with Gasteiger partial charge in [0.25, 0.3) is 0 Å². The lowest BCUT2D eigenvalue weighted by Crippen LogP contribution is -2.08. The fraction of sp³-hybridized carbons (Fsp3) is 0.120. The average Bonchev–Trinajstić information content (AvgIpc) is 2.83. The zero-order valence-electron chi connectivity index (χ0n) is 17.4. The van der Waals surface area contributed by atoms with Crippen LogP contribution >= 0.6 is 0 Å². The van der Waals surface area contributed by atoms with Crippen molar-refractivity contribution in [3.8, 4) is 29.1 Å². The summed E-state index contributed by atoms with van der Waals surface area (Å²) >= 11 is 0. The van der Waals surface area contributed by atoms with Gasteiger partial charge in [-0.1, -0.05) is 12.1 Å². The zero-order chi connectivity index (χ0) is 22.2. The molecular formula is C25H21NO5. The summed E-state index contributed by atoms with van der Waals surface area (Å²) in [4.78, 5) is 12.3. The van der Waals surface area contributed by atoms with Crippen LogP contribution in [0.2, 0.25) is 0 Å². The lowest BCUT2D eigenvalue weighted by atomic mass is 10.0. The first-order valence-corrected chi connectivity index (χ1v) is 9.38. The molecule has 3 rings (SSSR count). The molecule has 6 heteroatoms. The molecule has 0 aliphatic heterocycles. The van der Waals surface area contributed by atoms with Crippen LogP contribution in [0, 0.1) is 11.3 Å². The molecule has 0 fully saturated rings. The smallest absolute Gasteiger partial charge is 0.343 e. The Kier molecular flexibility index (Phi) is 6.92. The van der Waals surface area contributed by atoms with Crippen LogP contribution in [0.25, 0.3) is 11.6 Å². The molecule has 0 bridgehead atoms. The Bertz CT molecular complexity index is 1130. The maximum Gasteiger partial charge on any atom is 0.343 e. The molecule has 6 nitrogen and oxygen atoms in total. The van der Waals surface area contributed by atoms with E-state index in [2.05, 4.69) is 6.07 Å². The number of esters is 1. The molecule has 156 valence electrons. The van der Waals surface area contributed by atoms with Crippen LogP contribution in [0.5, 0.6) is 23.0 Å². The highest BCUT2D eigenvalue weighted by Crippen LogP contribution is 2.31. The number of hydrogen-bond donors (Lipinski definition) is 0. The summed E-state index contributed by atoms with van der Waals surface area (Å²) in [6.45, 7) is 0. The first-order valence-electron chi connectivity index (χ1n) is 9.38. The first kappa shape index (κ1) is 21.5. The molecule has 3 aromatic rings. The molecule has 0 aliphatic carbocycles. The van der Waals surface area contributed by atoms with Crippen LogP contribution in [0.1, 0.15) is 21.5 Å². The molecule has 0 unspecified atom stereocenters. The van der Waals surface area contributed by atoms with Crippen molar-refractivity contribution in [2.75, 3.05) is 21.3 Å². The molecule has 0 saturated heterocycles. The maximum atomic E-state index is 12.3. The normalized spacial score (nSPS) is 10.7. The highest BCUT2D eigenvalue weighted by molar-refractivity contribution is 5.92. The maximum absolute atomic E-state index is 12.3. The van der Waals surface area contributed by atoms with Gasteiger partial charge in [0.15, 0.2) is 11.5 Å². The summed E-state index contributed by atoms with van der Waals surface area (Å²) in [6.07, 6.45) is 1.75. The molecule has 3 aromatic carbocycles. The molecular weight excluding hydrogens is 394 g/mol. The van der Waals surface area contributed by atoms with Crippen molar-refractivity contribution in [3.63, 3.8) is 0 Å². The van der Waals surface area contributed by atoms with Crippen LogP contribution in [0.4, 0.5) is 0 Å². The van der Waals surface area contributed by atoms with Crippen molar-refractivity contribution in [3.05, 3.63) is 83.4 Å². The summed E-state index contributed by atoms with van der Waals surface area (Å²) in [5, 5.41) is 9.60. The standard InChI is InChI=1S/C25H21NO5/c1-28-21-11-6-18(7-12-21)25(27)31-22-9-4-17(5-10-22)14-20(16-26)19-8-13-23(29-2)24(15-19)30-3/h4-15H,1-3H3/b20-14-. The van der Waals surface area contributed by atoms with E-state index in [0.29, 0.717) is 39.7 Å². The number of carbonyl (C=O) groups is 1. The summed E-state index contributed by atoms with van der Waals surface area (Å²) in [5.41, 5.74) is 2.37. The van der Waals surface area contributed by atoms with Crippen molar-refractivity contribution in [2.45, 2.75) is 0 Å². The van der Waals surface area contributed by atoms with Crippen LogP contribution in [-0.2, 0) is 0 Å². The number of carbonyl (C=O) groups excluding carboxylic acids is 1. The summed E-state index contributed by atoms with van der Waals surface area (Å²) in [5.74, 6) is 1.74. The fourth-order valence-corrected chi connectivity index (χ4v) is 2.88. The zero-order valence-corrected chi connectivity index (χ0v) is 17.4. The number of rotatable bonds is 7. The topological polar surface area (TPSA) is 77.8 Å². The molecule has 0 saturated carbocycles. The molecule has 0 heterocycles. The number of nitrogens with zero attached hydrogens (tertiary/aromatic N) is 1. The van der Waals surface area contributed by atoms with E-state index in [0.717, 1.165) is 5.56 Å². The van der Waals surface area contributed by atoms with Crippen molar-refractivity contribution in [2.24, 2.45) is 0 Å². The third-order valence-electron chi connectivity index (χ3n) is 4.54. The van der Waals surface area contributed by atoms with E-state index < -0.39 is 5.97 Å². The van der Waals surface area contributed by atoms with Crippen LogP contribution in [0.3, 0.4) is 0 Å². The van der Waals surface area contributed by atoms with E-state index in [9.17, 15) is 10.1 Å². The van der Waals surface area contributed by atoms with Gasteiger partial charge in [0.2, 0.25) is 0 Å². The second-order valence-electron chi connectivity index (χ2n) is 6.43. The van der Waals surface area contributed by atoms with E-state index in [-0.39, 0.29) is 0 Å². The lowest BCUT2D eigenvalue weighted by molar-refractivity contribution is 0.0734. The van der Waals surface area contributed by atoms with Crippen LogP contribution in [-0.4, -0.2) is 27.3 Å². The van der Waals surface area contributed by atoms with Gasteiger partial charge in [-0.25, -0.2) is 4.79 Å². The van der Waals surface area contributed by atoms with Crippen molar-refractivity contribution >= 4 is 17.6 Å². The summed E-state index contributed by atoms with van der Waals surface area (Å²) in [7, 11) is 4.66. The molecule has 0 aromatic heterocycles. The average molecular weight is 415 g/mol. The minimum absolute atomic E-state index is 0.405. The SMILES string of the molecule is COc1ccc(C(=O)Oc2ccc(/C=C(/C#N)c3ccc(OC)c(OC)c3)cc2)cc1. The van der Waals surface area contributed by atoms with Crippen LogP contribution in [0.15, 0.2) is 66.7 Å². The van der Waals surface area contributed by atoms with Crippen molar-refractivity contribution in [1.29, 1.82) is 5.26 Å². The van der Waals surface area contributed by atoms with Gasteiger partial charge in [-0.2, -0.15) is 5.26 Å². The fourth-order valence-electron chi connectivity index (χ4n) is 2.88. The van der Waals surface area contributed by atoms with Gasteiger partial charge in [-0.05, 0) is 71.8 Å². The molecule has 0 spiro atoms. The Balaban J connectivity index is 1.76. The molecule has 0 N–H and O–H groups in total. The summed E-state index contributed by atoms with van der Waals surface area (Å²) in [6, 6.07) is 21.1. The monoisotopic (exact) mass is 415 g/mol. The Morgan fingerprint density at radius 2 is 1.39 bits per heavy atom. The van der Waals surface area contributed by atoms with Gasteiger partial charge in [0, 0.05) is 0 Å². The van der Waals surface area contributed by atoms with Crippen molar-refractivity contribution < 1.29 is 23.7 Å². The van der Waals surface area contributed by atoms with E-state index >= 15 is 0 Å². The Labute approximate surface area is 180 Å². The Hall–Kier alpha value is -4.24. The quantitative estimate of drug-likeness (QED) is 0.234. The van der Waals surface area contributed by atoms with Gasteiger partial charge >= 0.3 is 5.97 Å². The van der Waals surface area contributed by atoms with Gasteiger partial charge in [-0.15, -0.1) is 0 Å². The number of methoxy groups -OCH3 is 3. The molecule has 0 radical (unpaired) electrons. The van der Waals surface area contributed by atoms with E-state index in [1.165, 1.54) is 0 Å². The number of benzene rings is 3. The second-order valence-corrected chi connectivity index (χ2v) is 6.43. The number of nitriles is 1. The number of allylic oxidation sites excluding steroid dienone is 1. The molecule has 0 amide bonds. The van der Waals surface area contributed by atoms with Gasteiger partial charge in [0.1, 0.15) is 11.5 Å². The van der Waals surface area contributed by atoms with Gasteiger partial charge in [-0.3, -0.25) is 0 Å². The lowest BCUT2D eigenvalue weighted by Gasteiger charge is -2.09. The van der Waals surface area contributed by atoms with Crippen molar-refractivity contribution in [1.82, 2.24) is 0 Å². The molecule has 0 atom stereocenters. The summed E-state index contributed by atoms with van der Waals surface area (Å²) < 4.78 is 21.0. The van der Waals surface area contributed by atoms with E-state index in [4.69, 9.17) is 18.9 Å². The first-order chi connectivity index (χ1) is 15.1. The minimum atomic E-state index is -0.464. The van der Waals surface area contributed by atoms with E-state index in [1.807, 2.05) is 0 Å². The Morgan fingerprint density at radius 1 is 0.774 bits per heavy atom. The predicted octanol–water partition coefficient (Wildman–Crippen LogP) is 5.00. The second kappa shape index (κ2) is 9.99. The Morgan fingerprint density at radius 3 is 1.97 bits per heavy atom.